The van der Waals surface area contributed by atoms with Crippen molar-refractivity contribution in [3.8, 4) is 0 Å². The Kier molecular flexibility index (Phi) is 11.9. The fraction of sp³-hybridized carbons (Fsp3) is 0.846. The molecule has 0 saturated heterocycles. The van der Waals surface area contributed by atoms with Crippen molar-refractivity contribution in [2.45, 2.75) is 64.5 Å². The minimum atomic E-state index is -0.813. The van der Waals surface area contributed by atoms with E-state index in [0.717, 1.165) is 13.0 Å². The monoisotopic (exact) mass is 228 g/mol. The van der Waals surface area contributed by atoms with Crippen LogP contribution in [0.1, 0.15) is 52.4 Å². The summed E-state index contributed by atoms with van der Waals surface area (Å²) < 4.78 is 6.02. The summed E-state index contributed by atoms with van der Waals surface area (Å²) in [6.45, 7) is 9.27. The van der Waals surface area contributed by atoms with Gasteiger partial charge in [0.15, 0.2) is 9.04 Å². The SMILES string of the molecule is C=CCCCCCO[SiH](CCC)CCC. The lowest BCUT2D eigenvalue weighted by molar-refractivity contribution is 0.304. The molecule has 0 aliphatic heterocycles. The quantitative estimate of drug-likeness (QED) is 0.291. The summed E-state index contributed by atoms with van der Waals surface area (Å²) in [6.07, 6.45) is 9.58. The van der Waals surface area contributed by atoms with E-state index in [1.165, 1.54) is 44.2 Å². The van der Waals surface area contributed by atoms with Crippen molar-refractivity contribution in [3.63, 3.8) is 0 Å². The highest BCUT2D eigenvalue weighted by Gasteiger charge is 2.08. The molecule has 0 atom stereocenters. The van der Waals surface area contributed by atoms with Crippen molar-refractivity contribution in [1.29, 1.82) is 0 Å². The van der Waals surface area contributed by atoms with Gasteiger partial charge in [0.2, 0.25) is 0 Å². The Morgan fingerprint density at radius 1 is 1.07 bits per heavy atom. The summed E-state index contributed by atoms with van der Waals surface area (Å²) >= 11 is 0. The molecular formula is C13H28OSi. The van der Waals surface area contributed by atoms with Crippen molar-refractivity contribution >= 4 is 9.04 Å². The first-order valence-electron chi connectivity index (χ1n) is 6.57. The van der Waals surface area contributed by atoms with Crippen LogP contribution >= 0.6 is 0 Å². The highest BCUT2D eigenvalue weighted by Crippen LogP contribution is 2.09. The molecule has 0 aliphatic carbocycles. The van der Waals surface area contributed by atoms with Crippen LogP contribution in [0.25, 0.3) is 0 Å². The van der Waals surface area contributed by atoms with Crippen molar-refractivity contribution in [3.05, 3.63) is 12.7 Å². The third-order valence-corrected chi connectivity index (χ3v) is 5.78. The molecule has 90 valence electrons. The predicted molar refractivity (Wildman–Crippen MR) is 72.0 cm³/mol. The molecule has 0 spiro atoms. The zero-order valence-corrected chi connectivity index (χ0v) is 11.8. The summed E-state index contributed by atoms with van der Waals surface area (Å²) in [7, 11) is -0.813. The van der Waals surface area contributed by atoms with Gasteiger partial charge < -0.3 is 4.43 Å². The lowest BCUT2D eigenvalue weighted by atomic mass is 10.2. The average molecular weight is 228 g/mol. The van der Waals surface area contributed by atoms with Crippen LogP contribution in [0.5, 0.6) is 0 Å². The lowest BCUT2D eigenvalue weighted by Gasteiger charge is -2.14. The summed E-state index contributed by atoms with van der Waals surface area (Å²) in [5, 5.41) is 0. The van der Waals surface area contributed by atoms with Crippen LogP contribution in [0.3, 0.4) is 0 Å². The summed E-state index contributed by atoms with van der Waals surface area (Å²) in [5.41, 5.74) is 0. The maximum absolute atomic E-state index is 6.02. The first-order valence-corrected chi connectivity index (χ1v) is 8.68. The van der Waals surface area contributed by atoms with E-state index in [1.54, 1.807) is 0 Å². The molecule has 0 fully saturated rings. The molecule has 0 radical (unpaired) electrons. The molecule has 0 aromatic heterocycles. The smallest absolute Gasteiger partial charge is 0.176 e. The van der Waals surface area contributed by atoms with Gasteiger partial charge in [0, 0.05) is 6.61 Å². The van der Waals surface area contributed by atoms with E-state index in [-0.39, 0.29) is 0 Å². The molecule has 0 heterocycles. The fourth-order valence-corrected chi connectivity index (χ4v) is 4.18. The van der Waals surface area contributed by atoms with Gasteiger partial charge in [-0.2, -0.15) is 0 Å². The normalized spacial score (nSPS) is 10.9. The summed E-state index contributed by atoms with van der Waals surface area (Å²) in [6, 6.07) is 2.72. The van der Waals surface area contributed by atoms with Crippen LogP contribution < -0.4 is 0 Å². The predicted octanol–water partition coefficient (Wildman–Crippen LogP) is 4.29. The zero-order valence-electron chi connectivity index (χ0n) is 10.6. The topological polar surface area (TPSA) is 9.23 Å². The van der Waals surface area contributed by atoms with Crippen LogP contribution in [0.4, 0.5) is 0 Å². The fourth-order valence-electron chi connectivity index (χ4n) is 1.77. The van der Waals surface area contributed by atoms with E-state index < -0.39 is 9.04 Å². The van der Waals surface area contributed by atoms with Crippen molar-refractivity contribution < 1.29 is 4.43 Å². The first-order chi connectivity index (χ1) is 7.35. The van der Waals surface area contributed by atoms with Crippen LogP contribution in [0.2, 0.25) is 12.1 Å². The van der Waals surface area contributed by atoms with Gasteiger partial charge in [-0.05, 0) is 31.4 Å². The van der Waals surface area contributed by atoms with Crippen LogP contribution in [0, 0.1) is 0 Å². The number of allylic oxidation sites excluding steroid dienone is 1. The second-order valence-electron chi connectivity index (χ2n) is 4.21. The van der Waals surface area contributed by atoms with Gasteiger partial charge >= 0.3 is 0 Å². The van der Waals surface area contributed by atoms with Gasteiger partial charge in [-0.3, -0.25) is 0 Å². The van der Waals surface area contributed by atoms with E-state index in [4.69, 9.17) is 4.43 Å². The largest absolute Gasteiger partial charge is 0.420 e. The van der Waals surface area contributed by atoms with E-state index in [1.807, 2.05) is 6.08 Å². The standard InChI is InChI=1S/C13H28OSi/c1-4-7-8-9-10-11-14-15(12-5-2)13-6-3/h4,15H,1,5-13H2,2-3H3. The molecule has 0 rings (SSSR count). The Hall–Kier alpha value is -0.0831. The lowest BCUT2D eigenvalue weighted by Crippen LogP contribution is -2.17. The zero-order chi connectivity index (χ0) is 11.4. The number of rotatable bonds is 11. The Balaban J connectivity index is 3.31. The maximum Gasteiger partial charge on any atom is 0.176 e. The molecule has 0 N–H and O–H groups in total. The third-order valence-electron chi connectivity index (χ3n) is 2.63. The molecule has 0 aromatic rings. The molecule has 1 nitrogen and oxygen atoms in total. The highest BCUT2D eigenvalue weighted by atomic mass is 28.3. The van der Waals surface area contributed by atoms with Gasteiger partial charge in [0.05, 0.1) is 0 Å². The van der Waals surface area contributed by atoms with Crippen molar-refractivity contribution in [2.75, 3.05) is 6.61 Å². The molecule has 0 bridgehead atoms. The highest BCUT2D eigenvalue weighted by molar-refractivity contribution is 6.51. The number of unbranched alkanes of at least 4 members (excludes halogenated alkanes) is 3. The molecule has 2 heteroatoms. The average Bonchev–Trinajstić information content (AvgIpc) is 2.24. The summed E-state index contributed by atoms with van der Waals surface area (Å²) in [5.74, 6) is 0. The third kappa shape index (κ3) is 10.2. The minimum Gasteiger partial charge on any atom is -0.420 e. The van der Waals surface area contributed by atoms with Crippen molar-refractivity contribution in [1.82, 2.24) is 0 Å². The Morgan fingerprint density at radius 3 is 2.27 bits per heavy atom. The minimum absolute atomic E-state index is 0.813. The number of hydrogen-bond acceptors (Lipinski definition) is 1. The van der Waals surface area contributed by atoms with E-state index in [0.29, 0.717) is 0 Å². The van der Waals surface area contributed by atoms with Gasteiger partial charge in [-0.1, -0.05) is 39.2 Å². The van der Waals surface area contributed by atoms with E-state index in [2.05, 4.69) is 20.4 Å². The van der Waals surface area contributed by atoms with Crippen molar-refractivity contribution in [2.24, 2.45) is 0 Å². The van der Waals surface area contributed by atoms with E-state index in [9.17, 15) is 0 Å². The molecular weight excluding hydrogens is 200 g/mol. The molecule has 0 amide bonds. The summed E-state index contributed by atoms with van der Waals surface area (Å²) in [4.78, 5) is 0. The van der Waals surface area contributed by atoms with Gasteiger partial charge in [-0.25, -0.2) is 0 Å². The second kappa shape index (κ2) is 12.0. The van der Waals surface area contributed by atoms with Crippen LogP contribution in [0.15, 0.2) is 12.7 Å². The van der Waals surface area contributed by atoms with Crippen LogP contribution in [-0.4, -0.2) is 15.6 Å². The first kappa shape index (κ1) is 14.9. The molecule has 0 unspecified atom stereocenters. The Bertz CT molecular complexity index is 130. The van der Waals surface area contributed by atoms with Gasteiger partial charge in [0.1, 0.15) is 0 Å². The molecule has 0 aromatic carbocycles. The Labute approximate surface area is 97.6 Å². The van der Waals surface area contributed by atoms with Crippen LogP contribution in [-0.2, 0) is 4.43 Å². The second-order valence-corrected chi connectivity index (χ2v) is 6.94. The molecule has 15 heavy (non-hydrogen) atoms. The van der Waals surface area contributed by atoms with Gasteiger partial charge in [0.25, 0.3) is 0 Å². The number of hydrogen-bond donors (Lipinski definition) is 0. The Morgan fingerprint density at radius 2 is 1.73 bits per heavy atom. The molecule has 0 aliphatic rings. The van der Waals surface area contributed by atoms with Gasteiger partial charge in [-0.15, -0.1) is 6.58 Å². The molecule has 0 saturated carbocycles. The maximum atomic E-state index is 6.02. The van der Waals surface area contributed by atoms with E-state index >= 15 is 0 Å².